The Bertz CT molecular complexity index is 763. The number of nitrogens with zero attached hydrogens (tertiary/aromatic N) is 2. The summed E-state index contributed by atoms with van der Waals surface area (Å²) in [6.07, 6.45) is 6.53. The second-order valence-electron chi connectivity index (χ2n) is 8.01. The van der Waals surface area contributed by atoms with Gasteiger partial charge in [0.05, 0.1) is 23.2 Å². The Morgan fingerprint density at radius 2 is 2.00 bits per heavy atom. The van der Waals surface area contributed by atoms with Crippen molar-refractivity contribution >= 4 is 21.6 Å². The van der Waals surface area contributed by atoms with Crippen LogP contribution in [0.25, 0.3) is 0 Å². The minimum absolute atomic E-state index is 0.00730. The molecular weight excluding hydrogens is 352 g/mol. The van der Waals surface area contributed by atoms with Crippen LogP contribution in [0.2, 0.25) is 0 Å². The Labute approximate surface area is 154 Å². The Morgan fingerprint density at radius 3 is 2.65 bits per heavy atom. The van der Waals surface area contributed by atoms with E-state index in [1.54, 1.807) is 4.68 Å². The fourth-order valence-electron chi connectivity index (χ4n) is 4.04. The number of hydrogen-bond acceptors (Lipinski definition) is 5. The highest BCUT2D eigenvalue weighted by molar-refractivity contribution is 7.91. The van der Waals surface area contributed by atoms with E-state index < -0.39 is 9.84 Å². The van der Waals surface area contributed by atoms with Crippen LogP contribution in [0.15, 0.2) is 6.07 Å². The first-order valence-corrected chi connectivity index (χ1v) is 11.6. The second kappa shape index (κ2) is 7.31. The van der Waals surface area contributed by atoms with E-state index in [4.69, 9.17) is 0 Å². The summed E-state index contributed by atoms with van der Waals surface area (Å²) >= 11 is 0. The van der Waals surface area contributed by atoms with Gasteiger partial charge in [-0.25, -0.2) is 13.1 Å². The van der Waals surface area contributed by atoms with Crippen molar-refractivity contribution < 1.29 is 13.2 Å². The van der Waals surface area contributed by atoms with Gasteiger partial charge in [0.2, 0.25) is 5.91 Å². The number of hydrogen-bond donors (Lipinski definition) is 2. The molecule has 1 amide bonds. The summed E-state index contributed by atoms with van der Waals surface area (Å²) in [5, 5.41) is 11.0. The van der Waals surface area contributed by atoms with Crippen molar-refractivity contribution in [3.05, 3.63) is 11.8 Å². The number of carbonyl (C=O) groups is 1. The summed E-state index contributed by atoms with van der Waals surface area (Å²) in [4.78, 5) is 12.5. The predicted molar refractivity (Wildman–Crippen MR) is 100.0 cm³/mol. The highest BCUT2D eigenvalue weighted by atomic mass is 32.2. The SMILES string of the molecule is O=C(CCC1CCNCC1)Nc1cc(C2CC2)nn1C1CCS(=O)(=O)C1. The van der Waals surface area contributed by atoms with Crippen molar-refractivity contribution in [1.29, 1.82) is 0 Å². The third kappa shape index (κ3) is 4.28. The van der Waals surface area contributed by atoms with Gasteiger partial charge in [0.15, 0.2) is 9.84 Å². The number of piperidine rings is 1. The molecule has 1 aromatic rings. The molecule has 1 aromatic heterocycles. The molecule has 144 valence electrons. The molecule has 2 aliphatic heterocycles. The monoisotopic (exact) mass is 380 g/mol. The summed E-state index contributed by atoms with van der Waals surface area (Å²) in [6, 6.07) is 1.79. The van der Waals surface area contributed by atoms with Gasteiger partial charge >= 0.3 is 0 Å². The fourth-order valence-corrected chi connectivity index (χ4v) is 5.73. The van der Waals surface area contributed by atoms with Gasteiger partial charge in [0, 0.05) is 18.4 Å². The normalized spacial score (nSPS) is 26.1. The van der Waals surface area contributed by atoms with Crippen molar-refractivity contribution in [3.8, 4) is 0 Å². The van der Waals surface area contributed by atoms with Crippen LogP contribution < -0.4 is 10.6 Å². The van der Waals surface area contributed by atoms with Gasteiger partial charge in [0.25, 0.3) is 0 Å². The predicted octanol–water partition coefficient (Wildman–Crippen LogP) is 1.84. The second-order valence-corrected chi connectivity index (χ2v) is 10.2. The maximum atomic E-state index is 12.5. The Morgan fingerprint density at radius 1 is 1.23 bits per heavy atom. The maximum Gasteiger partial charge on any atom is 0.225 e. The molecule has 3 fully saturated rings. The first kappa shape index (κ1) is 18.0. The average Bonchev–Trinajstić information content (AvgIpc) is 3.29. The molecule has 2 N–H and O–H groups in total. The van der Waals surface area contributed by atoms with Gasteiger partial charge in [-0.1, -0.05) is 0 Å². The smallest absolute Gasteiger partial charge is 0.225 e. The van der Waals surface area contributed by atoms with Crippen molar-refractivity contribution in [2.45, 2.75) is 56.9 Å². The maximum absolute atomic E-state index is 12.5. The van der Waals surface area contributed by atoms with E-state index in [1.165, 1.54) is 0 Å². The van der Waals surface area contributed by atoms with Gasteiger partial charge in [0.1, 0.15) is 5.82 Å². The number of aromatic nitrogens is 2. The summed E-state index contributed by atoms with van der Waals surface area (Å²) in [6.45, 7) is 2.08. The zero-order chi connectivity index (χ0) is 18.1. The van der Waals surface area contributed by atoms with Gasteiger partial charge < -0.3 is 10.6 Å². The van der Waals surface area contributed by atoms with Crippen LogP contribution in [-0.2, 0) is 14.6 Å². The third-order valence-electron chi connectivity index (χ3n) is 5.81. The highest BCUT2D eigenvalue weighted by Crippen LogP contribution is 2.41. The van der Waals surface area contributed by atoms with Crippen LogP contribution >= 0.6 is 0 Å². The summed E-state index contributed by atoms with van der Waals surface area (Å²) in [7, 11) is -2.99. The van der Waals surface area contributed by atoms with Crippen LogP contribution in [0.3, 0.4) is 0 Å². The zero-order valence-corrected chi connectivity index (χ0v) is 15.9. The third-order valence-corrected chi connectivity index (χ3v) is 7.56. The van der Waals surface area contributed by atoms with Crippen molar-refractivity contribution in [1.82, 2.24) is 15.1 Å². The fraction of sp³-hybridized carbons (Fsp3) is 0.778. The van der Waals surface area contributed by atoms with E-state index >= 15 is 0 Å². The molecule has 3 heterocycles. The molecule has 0 bridgehead atoms. The highest BCUT2D eigenvalue weighted by Gasteiger charge is 2.34. The lowest BCUT2D eigenvalue weighted by atomic mass is 9.93. The number of amides is 1. The van der Waals surface area contributed by atoms with Gasteiger partial charge in [-0.15, -0.1) is 0 Å². The van der Waals surface area contributed by atoms with Crippen LogP contribution in [-0.4, -0.2) is 48.7 Å². The first-order valence-electron chi connectivity index (χ1n) is 9.80. The van der Waals surface area contributed by atoms with Crippen molar-refractivity contribution in [3.63, 3.8) is 0 Å². The Hall–Kier alpha value is -1.41. The van der Waals surface area contributed by atoms with Gasteiger partial charge in [-0.2, -0.15) is 5.10 Å². The summed E-state index contributed by atoms with van der Waals surface area (Å²) in [5.41, 5.74) is 0.989. The first-order chi connectivity index (χ1) is 12.5. The van der Waals surface area contributed by atoms with E-state index in [-0.39, 0.29) is 23.5 Å². The molecule has 3 aliphatic rings. The molecular formula is C18H28N4O3S. The summed E-state index contributed by atoms with van der Waals surface area (Å²) in [5.74, 6) is 2.10. The number of carbonyl (C=O) groups excluding carboxylic acids is 1. The van der Waals surface area contributed by atoms with Crippen molar-refractivity contribution in [2.75, 3.05) is 29.9 Å². The molecule has 2 saturated heterocycles. The molecule has 1 unspecified atom stereocenters. The lowest BCUT2D eigenvalue weighted by Crippen LogP contribution is -2.28. The number of anilines is 1. The lowest BCUT2D eigenvalue weighted by Gasteiger charge is -2.22. The summed E-state index contributed by atoms with van der Waals surface area (Å²) < 4.78 is 25.5. The topological polar surface area (TPSA) is 93.1 Å². The molecule has 4 rings (SSSR count). The molecule has 1 aliphatic carbocycles. The average molecular weight is 381 g/mol. The standard InChI is InChI=1S/C18H28N4O3S/c23-18(4-1-13-5-8-19-9-6-13)20-17-11-16(14-2-3-14)21-22(17)15-7-10-26(24,25)12-15/h11,13-15,19H,1-10,12H2,(H,20,23). The lowest BCUT2D eigenvalue weighted by molar-refractivity contribution is -0.116. The van der Waals surface area contributed by atoms with Crippen LogP contribution in [0.4, 0.5) is 5.82 Å². The molecule has 0 aromatic carbocycles. The van der Waals surface area contributed by atoms with Crippen molar-refractivity contribution in [2.24, 2.45) is 5.92 Å². The van der Waals surface area contributed by atoms with E-state index in [0.717, 1.165) is 50.9 Å². The zero-order valence-electron chi connectivity index (χ0n) is 15.1. The van der Waals surface area contributed by atoms with E-state index in [2.05, 4.69) is 15.7 Å². The van der Waals surface area contributed by atoms with Crippen LogP contribution in [0, 0.1) is 5.92 Å². The molecule has 1 atom stereocenters. The molecule has 0 radical (unpaired) electrons. The largest absolute Gasteiger partial charge is 0.317 e. The molecule has 0 spiro atoms. The number of rotatable bonds is 6. The number of sulfone groups is 1. The van der Waals surface area contributed by atoms with Crippen LogP contribution in [0.5, 0.6) is 0 Å². The van der Waals surface area contributed by atoms with Gasteiger partial charge in [-0.05, 0) is 57.5 Å². The molecule has 8 heteroatoms. The number of nitrogens with one attached hydrogen (secondary N) is 2. The van der Waals surface area contributed by atoms with E-state index in [9.17, 15) is 13.2 Å². The molecule has 26 heavy (non-hydrogen) atoms. The Balaban J connectivity index is 1.42. The van der Waals surface area contributed by atoms with Crippen LogP contribution in [0.1, 0.15) is 62.6 Å². The Kier molecular flexibility index (Phi) is 5.05. The van der Waals surface area contributed by atoms with E-state index in [0.29, 0.717) is 30.5 Å². The molecule has 1 saturated carbocycles. The quantitative estimate of drug-likeness (QED) is 0.785. The molecule has 7 nitrogen and oxygen atoms in total. The van der Waals surface area contributed by atoms with Gasteiger partial charge in [-0.3, -0.25) is 4.79 Å². The minimum atomic E-state index is -2.99. The van der Waals surface area contributed by atoms with E-state index in [1.807, 2.05) is 6.07 Å². The minimum Gasteiger partial charge on any atom is -0.317 e.